The molecule has 1 fully saturated rings. The van der Waals surface area contributed by atoms with E-state index in [1.807, 2.05) is 11.8 Å². The van der Waals surface area contributed by atoms with Gasteiger partial charge in [-0.05, 0) is 86.8 Å². The molecular formula is C27H39N3O2. The number of benzene rings is 1. The van der Waals surface area contributed by atoms with Crippen molar-refractivity contribution in [3.8, 4) is 5.75 Å². The van der Waals surface area contributed by atoms with Gasteiger partial charge in [0, 0.05) is 36.9 Å². The number of carbonyl (C=O) groups is 1. The molecule has 5 nitrogen and oxygen atoms in total. The van der Waals surface area contributed by atoms with Gasteiger partial charge >= 0.3 is 0 Å². The van der Waals surface area contributed by atoms with Gasteiger partial charge in [-0.3, -0.25) is 4.79 Å². The number of fused-ring (bicyclic) bond motifs is 1. The average molecular weight is 438 g/mol. The van der Waals surface area contributed by atoms with Gasteiger partial charge in [0.05, 0.1) is 13.2 Å². The maximum atomic E-state index is 12.3. The predicted octanol–water partition coefficient (Wildman–Crippen LogP) is 4.47. The smallest absolute Gasteiger partial charge is 0.236 e. The highest BCUT2D eigenvalue weighted by atomic mass is 16.5. The molecular weight excluding hydrogens is 398 g/mol. The number of aromatic nitrogens is 1. The van der Waals surface area contributed by atoms with Crippen LogP contribution in [-0.2, 0) is 23.1 Å². The molecule has 1 aliphatic carbocycles. The molecule has 2 aromatic rings. The lowest BCUT2D eigenvalue weighted by molar-refractivity contribution is -0.132. The van der Waals surface area contributed by atoms with Gasteiger partial charge < -0.3 is 19.9 Å². The van der Waals surface area contributed by atoms with Crippen LogP contribution in [0.25, 0.3) is 0 Å². The normalized spacial score (nSPS) is 20.6. The topological polar surface area (TPSA) is 57.4 Å². The van der Waals surface area contributed by atoms with Crippen molar-refractivity contribution in [2.75, 3.05) is 32.8 Å². The summed E-state index contributed by atoms with van der Waals surface area (Å²) in [5.41, 5.74) is 4.45. The van der Waals surface area contributed by atoms with E-state index in [-0.39, 0.29) is 11.3 Å². The molecule has 5 heteroatoms. The Morgan fingerprint density at radius 3 is 2.84 bits per heavy atom. The van der Waals surface area contributed by atoms with Crippen LogP contribution in [0.4, 0.5) is 0 Å². The lowest BCUT2D eigenvalue weighted by atomic mass is 9.61. The fourth-order valence-electron chi connectivity index (χ4n) is 6.04. The second-order valence-corrected chi connectivity index (χ2v) is 9.45. The SMILES string of the molecule is CCCC(CCCN1CCNCC1=O)(c1ccc[nH]1)C1CCc2cc(OCC)ccc2C1. The van der Waals surface area contributed by atoms with E-state index in [2.05, 4.69) is 53.8 Å². The summed E-state index contributed by atoms with van der Waals surface area (Å²) in [4.78, 5) is 17.9. The highest BCUT2D eigenvalue weighted by Crippen LogP contribution is 2.46. The Bertz CT molecular complexity index is 879. The summed E-state index contributed by atoms with van der Waals surface area (Å²) >= 11 is 0. The van der Waals surface area contributed by atoms with Crippen LogP contribution in [0, 0.1) is 5.92 Å². The molecule has 2 atom stereocenters. The third kappa shape index (κ3) is 4.88. The molecule has 4 rings (SSSR count). The number of hydrogen-bond acceptors (Lipinski definition) is 3. The zero-order valence-corrected chi connectivity index (χ0v) is 19.8. The van der Waals surface area contributed by atoms with Gasteiger partial charge in [0.1, 0.15) is 5.75 Å². The van der Waals surface area contributed by atoms with Crippen LogP contribution in [0.1, 0.15) is 62.8 Å². The number of rotatable bonds is 10. The maximum absolute atomic E-state index is 12.3. The lowest BCUT2D eigenvalue weighted by Gasteiger charge is -2.44. The number of piperazine rings is 1. The minimum atomic E-state index is 0.131. The Kier molecular flexibility index (Phi) is 7.56. The van der Waals surface area contributed by atoms with Gasteiger partial charge in [-0.25, -0.2) is 0 Å². The van der Waals surface area contributed by atoms with Crippen LogP contribution in [0.2, 0.25) is 0 Å². The summed E-state index contributed by atoms with van der Waals surface area (Å²) in [6.07, 6.45) is 10.0. The van der Waals surface area contributed by atoms with E-state index in [1.54, 1.807) is 0 Å². The van der Waals surface area contributed by atoms with Crippen LogP contribution < -0.4 is 10.1 Å². The molecule has 2 heterocycles. The lowest BCUT2D eigenvalue weighted by Crippen LogP contribution is -2.48. The van der Waals surface area contributed by atoms with Crippen molar-refractivity contribution in [3.63, 3.8) is 0 Å². The van der Waals surface area contributed by atoms with Crippen molar-refractivity contribution >= 4 is 5.91 Å². The number of nitrogens with zero attached hydrogens (tertiary/aromatic N) is 1. The van der Waals surface area contributed by atoms with Crippen molar-refractivity contribution in [2.24, 2.45) is 5.92 Å². The summed E-state index contributed by atoms with van der Waals surface area (Å²) in [6, 6.07) is 11.1. The summed E-state index contributed by atoms with van der Waals surface area (Å²) in [7, 11) is 0. The minimum Gasteiger partial charge on any atom is -0.494 e. The molecule has 174 valence electrons. The Labute approximate surface area is 192 Å². The molecule has 0 radical (unpaired) electrons. The Hall–Kier alpha value is -2.27. The molecule has 1 aromatic heterocycles. The van der Waals surface area contributed by atoms with E-state index in [0.29, 0.717) is 19.1 Å². The van der Waals surface area contributed by atoms with E-state index in [4.69, 9.17) is 4.74 Å². The number of aryl methyl sites for hydroxylation is 1. The van der Waals surface area contributed by atoms with Crippen molar-refractivity contribution < 1.29 is 9.53 Å². The summed E-state index contributed by atoms with van der Waals surface area (Å²) in [5.74, 6) is 1.84. The van der Waals surface area contributed by atoms with Crippen molar-refractivity contribution in [1.82, 2.24) is 15.2 Å². The number of carbonyl (C=O) groups excluding carboxylic acids is 1. The quantitative estimate of drug-likeness (QED) is 0.577. The Balaban J connectivity index is 1.54. The van der Waals surface area contributed by atoms with Crippen molar-refractivity contribution in [1.29, 1.82) is 0 Å². The zero-order chi connectivity index (χ0) is 22.4. The monoisotopic (exact) mass is 437 g/mol. The number of hydrogen-bond donors (Lipinski definition) is 2. The van der Waals surface area contributed by atoms with Crippen LogP contribution >= 0.6 is 0 Å². The molecule has 0 saturated carbocycles. The Morgan fingerprint density at radius 1 is 1.19 bits per heavy atom. The molecule has 1 saturated heterocycles. The minimum absolute atomic E-state index is 0.131. The molecule has 1 amide bonds. The first kappa shape index (κ1) is 22.9. The number of H-pyrrole nitrogens is 1. The van der Waals surface area contributed by atoms with E-state index < -0.39 is 0 Å². The fraction of sp³-hybridized carbons (Fsp3) is 0.593. The molecule has 1 aliphatic heterocycles. The third-order valence-electron chi connectivity index (χ3n) is 7.57. The molecule has 2 N–H and O–H groups in total. The van der Waals surface area contributed by atoms with Crippen LogP contribution in [0.3, 0.4) is 0 Å². The molecule has 0 spiro atoms. The molecule has 1 aromatic carbocycles. The number of amides is 1. The van der Waals surface area contributed by atoms with Crippen molar-refractivity contribution in [3.05, 3.63) is 53.3 Å². The fourth-order valence-corrected chi connectivity index (χ4v) is 6.04. The van der Waals surface area contributed by atoms with Gasteiger partial charge in [0.25, 0.3) is 0 Å². The second kappa shape index (κ2) is 10.6. The van der Waals surface area contributed by atoms with E-state index >= 15 is 0 Å². The second-order valence-electron chi connectivity index (χ2n) is 9.45. The first-order valence-electron chi connectivity index (χ1n) is 12.5. The van der Waals surface area contributed by atoms with E-state index in [0.717, 1.165) is 57.5 Å². The largest absolute Gasteiger partial charge is 0.494 e. The first-order valence-corrected chi connectivity index (χ1v) is 12.5. The average Bonchev–Trinajstić information content (AvgIpc) is 3.35. The highest BCUT2D eigenvalue weighted by molar-refractivity contribution is 5.78. The van der Waals surface area contributed by atoms with Gasteiger partial charge in [0.15, 0.2) is 0 Å². The summed E-state index contributed by atoms with van der Waals surface area (Å²) < 4.78 is 5.74. The third-order valence-corrected chi connectivity index (χ3v) is 7.57. The van der Waals surface area contributed by atoms with Crippen LogP contribution in [0.5, 0.6) is 5.75 Å². The molecule has 2 unspecified atom stereocenters. The van der Waals surface area contributed by atoms with E-state index in [1.165, 1.54) is 29.7 Å². The molecule has 32 heavy (non-hydrogen) atoms. The maximum Gasteiger partial charge on any atom is 0.236 e. The van der Waals surface area contributed by atoms with Gasteiger partial charge in [-0.2, -0.15) is 0 Å². The standard InChI is InChI=1S/C27H39N3O2/c1-3-12-27(25-7-5-14-29-25,13-6-16-30-17-15-28-20-26(30)31)23-10-8-22-19-24(32-4-2)11-9-21(22)18-23/h5,7,9,11,14,19,23,28-29H,3-4,6,8,10,12-13,15-18,20H2,1-2H3. The van der Waals surface area contributed by atoms with Crippen LogP contribution in [-0.4, -0.2) is 48.6 Å². The number of ether oxygens (including phenoxy) is 1. The molecule has 0 bridgehead atoms. The number of aromatic amines is 1. The van der Waals surface area contributed by atoms with E-state index in [9.17, 15) is 4.79 Å². The first-order chi connectivity index (χ1) is 15.7. The highest BCUT2D eigenvalue weighted by Gasteiger charge is 2.41. The molecule has 2 aliphatic rings. The van der Waals surface area contributed by atoms with Gasteiger partial charge in [-0.1, -0.05) is 19.4 Å². The van der Waals surface area contributed by atoms with Gasteiger partial charge in [-0.15, -0.1) is 0 Å². The summed E-state index contributed by atoms with van der Waals surface area (Å²) in [6.45, 7) is 8.16. The van der Waals surface area contributed by atoms with Crippen LogP contribution in [0.15, 0.2) is 36.5 Å². The zero-order valence-electron chi connectivity index (χ0n) is 19.8. The van der Waals surface area contributed by atoms with Gasteiger partial charge in [0.2, 0.25) is 5.91 Å². The number of nitrogens with one attached hydrogen (secondary N) is 2. The predicted molar refractivity (Wildman–Crippen MR) is 129 cm³/mol. The van der Waals surface area contributed by atoms with Crippen molar-refractivity contribution in [2.45, 2.75) is 64.2 Å². The Morgan fingerprint density at radius 2 is 2.09 bits per heavy atom. The summed E-state index contributed by atoms with van der Waals surface area (Å²) in [5, 5.41) is 3.18.